The van der Waals surface area contributed by atoms with Crippen LogP contribution in [0.15, 0.2) is 133 Å². The molecule has 0 radical (unpaired) electrons. The molecule has 0 amide bonds. The first kappa shape index (κ1) is 76.3. The molecule has 0 aliphatic carbocycles. The van der Waals surface area contributed by atoms with Crippen molar-refractivity contribution < 1.29 is 39.7 Å². The number of aryl methyl sites for hydroxylation is 2. The topological polar surface area (TPSA) is 88.1 Å². The van der Waals surface area contributed by atoms with Crippen LogP contribution in [0.1, 0.15) is 81.3 Å². The van der Waals surface area contributed by atoms with Gasteiger partial charge in [0.15, 0.2) is 0 Å². The number of ether oxygens (including phenoxy) is 7. The third-order valence-corrected chi connectivity index (χ3v) is 4.80. The number of benzene rings is 4. The lowest BCUT2D eigenvalue weighted by atomic mass is 10.2. The quantitative estimate of drug-likeness (QED) is 0.199. The molecule has 4 aromatic carbocycles. The number of aliphatic hydroxyl groups excluding tert-OH is 1. The summed E-state index contributed by atoms with van der Waals surface area (Å²) in [5.74, 6) is 0. The van der Waals surface area contributed by atoms with Gasteiger partial charge in [-0.2, -0.15) is 0 Å². The second-order valence-electron chi connectivity index (χ2n) is 10.2. The molecule has 8 heteroatoms. The maximum atomic E-state index is 8.73. The summed E-state index contributed by atoms with van der Waals surface area (Å²) >= 11 is 0. The van der Waals surface area contributed by atoms with Gasteiger partial charge in [-0.3, -0.25) is 0 Å². The van der Waals surface area contributed by atoms with Crippen LogP contribution >= 0.6 is 0 Å². The molecule has 1 fully saturated rings. The molecule has 1 saturated heterocycles. The predicted octanol–water partition coefficient (Wildman–Crippen LogP) is 13.1. The fourth-order valence-electron chi connectivity index (χ4n) is 2.50. The Morgan fingerprint density at radius 1 is 0.475 bits per heavy atom. The zero-order valence-corrected chi connectivity index (χ0v) is 42.0. The Morgan fingerprint density at radius 3 is 0.763 bits per heavy atom. The lowest BCUT2D eigenvalue weighted by Crippen LogP contribution is -2.11. The van der Waals surface area contributed by atoms with Gasteiger partial charge in [0.25, 0.3) is 0 Å². The van der Waals surface area contributed by atoms with Gasteiger partial charge >= 0.3 is 1.43 Å². The van der Waals surface area contributed by atoms with Crippen LogP contribution in [0.3, 0.4) is 0 Å². The summed E-state index contributed by atoms with van der Waals surface area (Å²) in [6.07, 6.45) is 0.924. The van der Waals surface area contributed by atoms with Crippen molar-refractivity contribution in [1.82, 2.24) is 0 Å². The van der Waals surface area contributed by atoms with Gasteiger partial charge in [0.2, 0.25) is 0 Å². The molecule has 2 unspecified atom stereocenters. The highest BCUT2D eigenvalue weighted by atomic mass is 16.6. The first-order chi connectivity index (χ1) is 28.7. The molecule has 0 aromatic heterocycles. The minimum atomic E-state index is -0.273. The molecule has 1 N–H and O–H groups in total. The molecular formula is C51H97O8+. The minimum absolute atomic E-state index is 0. The van der Waals surface area contributed by atoms with Crippen LogP contribution in [-0.2, 0) is 33.2 Å². The zero-order valence-electron chi connectivity index (χ0n) is 43.0. The van der Waals surface area contributed by atoms with Crippen LogP contribution in [-0.4, -0.2) is 108 Å². The van der Waals surface area contributed by atoms with Gasteiger partial charge in [-0.1, -0.05) is 207 Å². The molecule has 4 aromatic rings. The lowest BCUT2D eigenvalue weighted by Gasteiger charge is -2.02. The molecule has 1 heterocycles. The van der Waals surface area contributed by atoms with E-state index in [0.29, 0.717) is 12.7 Å². The average Bonchev–Trinajstić information content (AvgIpc) is 4.12. The molecule has 8 nitrogen and oxygen atoms in total. The Kier molecular flexibility index (Phi) is 117. The largest absolute Gasteiger partial charge is 1.00 e. The maximum Gasteiger partial charge on any atom is 1.00 e. The first-order valence-corrected chi connectivity index (χ1v) is 20.6. The van der Waals surface area contributed by atoms with Crippen molar-refractivity contribution in [2.75, 3.05) is 90.9 Å². The Bertz CT molecular complexity index is 902. The Balaban J connectivity index is -0.0000000575. The third kappa shape index (κ3) is 119. The highest BCUT2D eigenvalue weighted by Gasteiger charge is 2.21. The average molecular weight is 838 g/mol. The van der Waals surface area contributed by atoms with Crippen molar-refractivity contribution in [3.05, 3.63) is 145 Å². The first-order valence-electron chi connectivity index (χ1n) is 20.6. The van der Waals surface area contributed by atoms with Crippen molar-refractivity contribution in [2.45, 2.75) is 94.8 Å². The van der Waals surface area contributed by atoms with Crippen molar-refractivity contribution in [2.24, 2.45) is 0 Å². The van der Waals surface area contributed by atoms with E-state index in [0.717, 1.165) is 19.6 Å². The van der Waals surface area contributed by atoms with Crippen molar-refractivity contribution in [1.29, 1.82) is 0 Å². The SMILES string of the molecule is CC.CC.CC.CC.CCC(O)COC.COC.COC.COC.COC.COCC1CO1.Cc1ccccc1.Cc1ccccc1.[H+].c1ccccc1.c1ccccc1. The molecule has 5 rings (SSSR count). The van der Waals surface area contributed by atoms with E-state index in [9.17, 15) is 0 Å². The Hall–Kier alpha value is -3.44. The maximum absolute atomic E-state index is 8.73. The fourth-order valence-corrected chi connectivity index (χ4v) is 2.50. The second kappa shape index (κ2) is 90.6. The smallest absolute Gasteiger partial charge is 0.391 e. The molecule has 2 atom stereocenters. The van der Waals surface area contributed by atoms with Crippen LogP contribution in [0.5, 0.6) is 0 Å². The predicted molar refractivity (Wildman–Crippen MR) is 263 cm³/mol. The molecule has 0 spiro atoms. The van der Waals surface area contributed by atoms with E-state index >= 15 is 0 Å². The highest BCUT2D eigenvalue weighted by molar-refractivity contribution is 5.12. The van der Waals surface area contributed by atoms with E-state index in [4.69, 9.17) is 14.6 Å². The number of hydrogen-bond acceptors (Lipinski definition) is 8. The monoisotopic (exact) mass is 838 g/mol. The van der Waals surface area contributed by atoms with Gasteiger partial charge in [0, 0.05) is 71.1 Å². The molecule has 59 heavy (non-hydrogen) atoms. The van der Waals surface area contributed by atoms with Gasteiger partial charge in [0.1, 0.15) is 6.10 Å². The lowest BCUT2D eigenvalue weighted by molar-refractivity contribution is 0.0625. The van der Waals surface area contributed by atoms with Gasteiger partial charge in [-0.15, -0.1) is 0 Å². The van der Waals surface area contributed by atoms with Crippen LogP contribution in [0.4, 0.5) is 0 Å². The summed E-state index contributed by atoms with van der Waals surface area (Å²) in [7, 11) is 16.3. The minimum Gasteiger partial charge on any atom is -0.391 e. The van der Waals surface area contributed by atoms with E-state index in [1.807, 2.05) is 172 Å². The molecule has 0 bridgehead atoms. The Morgan fingerprint density at radius 2 is 0.678 bits per heavy atom. The molecule has 1 aliphatic rings. The highest BCUT2D eigenvalue weighted by Crippen LogP contribution is 2.07. The van der Waals surface area contributed by atoms with Gasteiger partial charge < -0.3 is 38.3 Å². The van der Waals surface area contributed by atoms with E-state index < -0.39 is 0 Å². The Labute approximate surface area is 369 Å². The zero-order chi connectivity index (χ0) is 47.6. The van der Waals surface area contributed by atoms with Gasteiger partial charge in [-0.25, -0.2) is 0 Å². The third-order valence-electron chi connectivity index (χ3n) is 4.80. The van der Waals surface area contributed by atoms with E-state index in [1.54, 1.807) is 71.1 Å². The molecule has 1 aliphatic heterocycles. The molecular weight excluding hydrogens is 741 g/mol. The number of hydrogen-bond donors (Lipinski definition) is 1. The number of aliphatic hydroxyl groups is 1. The molecule has 348 valence electrons. The number of methoxy groups -OCH3 is 6. The van der Waals surface area contributed by atoms with Crippen LogP contribution < -0.4 is 0 Å². The van der Waals surface area contributed by atoms with Crippen LogP contribution in [0.2, 0.25) is 0 Å². The van der Waals surface area contributed by atoms with Crippen molar-refractivity contribution in [3.63, 3.8) is 0 Å². The molecule has 0 saturated carbocycles. The standard InChI is InChI=1S/2C7H8.2C6H6.C5H12O2.C4H8O2.4C2H6O.4C2H6/c2*1-7-5-3-2-4-6-7;2*1-2-4-6-5-3-1;1-3-5(6)4-7-2;1-5-2-4-3-6-4;4*1-3-2;4*1-2/h2*2-6H,1H3;2*1-6H;5-6H,3-4H2,1-2H3;4H,2-3H2,1H3;4*1-2H3;4*1-2H3/p+1. The normalized spacial score (nSPS) is 10.1. The summed E-state index contributed by atoms with van der Waals surface area (Å²) in [4.78, 5) is 0. The van der Waals surface area contributed by atoms with E-state index in [-0.39, 0.29) is 7.53 Å². The number of rotatable bonds is 5. The van der Waals surface area contributed by atoms with Gasteiger partial charge in [-0.05, 0) is 20.3 Å². The van der Waals surface area contributed by atoms with E-state index in [1.165, 1.54) is 11.1 Å². The summed E-state index contributed by atoms with van der Waals surface area (Å²) in [5.41, 5.74) is 2.64. The van der Waals surface area contributed by atoms with E-state index in [2.05, 4.69) is 61.8 Å². The van der Waals surface area contributed by atoms with Gasteiger partial charge in [0.05, 0.1) is 25.9 Å². The van der Waals surface area contributed by atoms with Crippen LogP contribution in [0, 0.1) is 13.8 Å². The summed E-state index contributed by atoms with van der Waals surface area (Å²) in [6, 6.07) is 44.5. The summed E-state index contributed by atoms with van der Waals surface area (Å²) in [6.45, 7) is 24.2. The van der Waals surface area contributed by atoms with Crippen LogP contribution in [0.25, 0.3) is 0 Å². The second-order valence-corrected chi connectivity index (χ2v) is 10.2. The van der Waals surface area contributed by atoms with Crippen molar-refractivity contribution in [3.8, 4) is 0 Å². The van der Waals surface area contributed by atoms with Crippen molar-refractivity contribution >= 4 is 0 Å². The number of epoxide rings is 1. The fraction of sp³-hybridized carbons (Fsp3) is 0.529. The summed E-state index contributed by atoms with van der Waals surface area (Å²) < 4.78 is 31.2. The summed E-state index contributed by atoms with van der Waals surface area (Å²) in [5, 5.41) is 8.73.